The largest absolute Gasteiger partial charge is 0.338 e. The molecule has 0 bridgehead atoms. The van der Waals surface area contributed by atoms with Gasteiger partial charge in [-0.15, -0.1) is 11.3 Å². The molecule has 1 aromatic carbocycles. The molecule has 1 N–H and O–H groups in total. The Hall–Kier alpha value is -2.48. The first-order valence-electron chi connectivity index (χ1n) is 8.36. The van der Waals surface area contributed by atoms with Crippen LogP contribution in [-0.2, 0) is 25.8 Å². The predicted octanol–water partition coefficient (Wildman–Crippen LogP) is 2.55. The fourth-order valence-electron chi connectivity index (χ4n) is 3.03. The molecular formula is C17H19N5O2S. The molecule has 1 aliphatic rings. The molecule has 0 saturated carbocycles. The number of aryl methyl sites for hydroxylation is 2. The highest BCUT2D eigenvalue weighted by Gasteiger charge is 2.16. The predicted molar refractivity (Wildman–Crippen MR) is 94.5 cm³/mol. The van der Waals surface area contributed by atoms with Gasteiger partial charge in [0, 0.05) is 31.4 Å². The minimum absolute atomic E-state index is 0.0949. The van der Waals surface area contributed by atoms with Crippen LogP contribution in [0.4, 0.5) is 4.79 Å². The molecule has 0 atom stereocenters. The summed E-state index contributed by atoms with van der Waals surface area (Å²) in [6.07, 6.45) is 4.28. The Balaban J connectivity index is 1.28. The normalized spacial score (nSPS) is 13.2. The Morgan fingerprint density at radius 1 is 1.32 bits per heavy atom. The van der Waals surface area contributed by atoms with Gasteiger partial charge in [0.1, 0.15) is 11.0 Å². The van der Waals surface area contributed by atoms with E-state index in [1.165, 1.54) is 17.0 Å². The number of aromatic nitrogens is 3. The highest BCUT2D eigenvalue weighted by Crippen LogP contribution is 2.27. The summed E-state index contributed by atoms with van der Waals surface area (Å²) in [6.45, 7) is 1.10. The van der Waals surface area contributed by atoms with Gasteiger partial charge in [-0.2, -0.15) is 0 Å². The maximum absolute atomic E-state index is 12.2. The topological polar surface area (TPSA) is 84.2 Å². The molecule has 1 aliphatic carbocycles. The van der Waals surface area contributed by atoms with E-state index in [-0.39, 0.29) is 6.03 Å². The van der Waals surface area contributed by atoms with Gasteiger partial charge in [-0.25, -0.2) is 14.4 Å². The number of urea groups is 1. The van der Waals surface area contributed by atoms with Gasteiger partial charge < -0.3 is 10.2 Å². The number of hydrogen-bond acceptors (Lipinski definition) is 6. The number of hydrogen-bond donors (Lipinski definition) is 1. The molecule has 7 nitrogen and oxygen atoms in total. The number of thiazole rings is 1. The van der Waals surface area contributed by atoms with Gasteiger partial charge >= 0.3 is 6.03 Å². The average Bonchev–Trinajstić information content (AvgIpc) is 3.29. The van der Waals surface area contributed by atoms with Crippen LogP contribution in [0.5, 0.6) is 0 Å². The summed E-state index contributed by atoms with van der Waals surface area (Å²) in [4.78, 5) is 20.0. The number of rotatable bonds is 5. The number of carbonyl (C=O) groups excluding carboxylic acids is 1. The minimum Gasteiger partial charge on any atom is -0.338 e. The number of carbonyl (C=O) groups is 1. The molecular weight excluding hydrogens is 338 g/mol. The molecule has 0 radical (unpaired) electrons. The van der Waals surface area contributed by atoms with Crippen molar-refractivity contribution in [2.24, 2.45) is 0 Å². The van der Waals surface area contributed by atoms with Crippen LogP contribution in [0.15, 0.2) is 22.8 Å². The third-order valence-corrected chi connectivity index (χ3v) is 5.56. The second-order valence-corrected chi connectivity index (χ2v) is 7.42. The molecule has 0 unspecified atom stereocenters. The SMILES string of the molecule is CN(Cc1ccc2nonc2c1)C(=O)NCCc1nc2c(s1)CCC2. The van der Waals surface area contributed by atoms with Gasteiger partial charge in [0.15, 0.2) is 0 Å². The zero-order valence-corrected chi connectivity index (χ0v) is 14.8. The zero-order chi connectivity index (χ0) is 17.2. The first-order chi connectivity index (χ1) is 12.2. The zero-order valence-electron chi connectivity index (χ0n) is 14.0. The number of benzene rings is 1. The standard InChI is InChI=1S/C17H19N5O2S/c1-22(10-11-5-6-12-14(9-11)21-24-20-12)17(23)18-8-7-16-19-13-3-2-4-15(13)25-16/h5-6,9H,2-4,7-8,10H2,1H3,(H,18,23). The summed E-state index contributed by atoms with van der Waals surface area (Å²) in [5, 5.41) is 11.7. The van der Waals surface area contributed by atoms with Crippen molar-refractivity contribution in [3.63, 3.8) is 0 Å². The molecule has 0 fully saturated rings. The average molecular weight is 357 g/mol. The van der Waals surface area contributed by atoms with E-state index >= 15 is 0 Å². The van der Waals surface area contributed by atoms with Crippen molar-refractivity contribution >= 4 is 28.4 Å². The van der Waals surface area contributed by atoms with Crippen LogP contribution in [0.3, 0.4) is 0 Å². The van der Waals surface area contributed by atoms with Gasteiger partial charge in [0.2, 0.25) is 0 Å². The van der Waals surface area contributed by atoms with E-state index in [1.54, 1.807) is 23.3 Å². The lowest BCUT2D eigenvalue weighted by molar-refractivity contribution is 0.207. The van der Waals surface area contributed by atoms with Gasteiger partial charge in [-0.1, -0.05) is 6.07 Å². The van der Waals surface area contributed by atoms with Gasteiger partial charge in [-0.05, 0) is 47.3 Å². The van der Waals surface area contributed by atoms with Crippen molar-refractivity contribution in [2.75, 3.05) is 13.6 Å². The Kier molecular flexibility index (Phi) is 4.35. The maximum Gasteiger partial charge on any atom is 0.317 e. The summed E-state index contributed by atoms with van der Waals surface area (Å²) in [5.41, 5.74) is 3.66. The molecule has 0 spiro atoms. The van der Waals surface area contributed by atoms with Crippen molar-refractivity contribution in [1.82, 2.24) is 25.5 Å². The van der Waals surface area contributed by atoms with Crippen LogP contribution in [0.2, 0.25) is 0 Å². The molecule has 8 heteroatoms. The lowest BCUT2D eigenvalue weighted by atomic mass is 10.2. The molecule has 4 rings (SSSR count). The van der Waals surface area contributed by atoms with E-state index in [9.17, 15) is 4.79 Å². The third-order valence-electron chi connectivity index (χ3n) is 4.34. The van der Waals surface area contributed by atoms with Crippen molar-refractivity contribution in [1.29, 1.82) is 0 Å². The lowest BCUT2D eigenvalue weighted by Gasteiger charge is -2.17. The monoisotopic (exact) mass is 357 g/mol. The highest BCUT2D eigenvalue weighted by molar-refractivity contribution is 7.11. The first kappa shape index (κ1) is 16.0. The molecule has 130 valence electrons. The fraction of sp³-hybridized carbons (Fsp3) is 0.412. The van der Waals surface area contributed by atoms with Gasteiger partial charge in [0.05, 0.1) is 10.7 Å². The van der Waals surface area contributed by atoms with Gasteiger partial charge in [0.25, 0.3) is 0 Å². The quantitative estimate of drug-likeness (QED) is 0.759. The van der Waals surface area contributed by atoms with E-state index in [0.29, 0.717) is 24.1 Å². The Bertz CT molecular complexity index is 882. The van der Waals surface area contributed by atoms with Crippen molar-refractivity contribution in [3.8, 4) is 0 Å². The molecule has 25 heavy (non-hydrogen) atoms. The molecule has 2 amide bonds. The minimum atomic E-state index is -0.0949. The van der Waals surface area contributed by atoms with Crippen LogP contribution in [0.1, 0.15) is 27.6 Å². The van der Waals surface area contributed by atoms with Crippen molar-refractivity contribution < 1.29 is 9.42 Å². The number of amides is 2. The first-order valence-corrected chi connectivity index (χ1v) is 9.18. The van der Waals surface area contributed by atoms with Crippen LogP contribution in [-0.4, -0.2) is 39.8 Å². The fourth-order valence-corrected chi connectivity index (χ4v) is 4.19. The Morgan fingerprint density at radius 3 is 3.08 bits per heavy atom. The number of fused-ring (bicyclic) bond motifs is 2. The van der Waals surface area contributed by atoms with Crippen LogP contribution >= 0.6 is 11.3 Å². The Morgan fingerprint density at radius 2 is 2.20 bits per heavy atom. The maximum atomic E-state index is 12.2. The van der Waals surface area contributed by atoms with Crippen LogP contribution < -0.4 is 5.32 Å². The van der Waals surface area contributed by atoms with E-state index in [2.05, 4.69) is 20.6 Å². The van der Waals surface area contributed by atoms with Crippen LogP contribution in [0, 0.1) is 0 Å². The summed E-state index contributed by atoms with van der Waals surface area (Å²) >= 11 is 1.79. The number of nitrogens with zero attached hydrogens (tertiary/aromatic N) is 4. The second kappa shape index (κ2) is 6.79. The third kappa shape index (κ3) is 3.48. The molecule has 3 aromatic rings. The van der Waals surface area contributed by atoms with Crippen molar-refractivity contribution in [2.45, 2.75) is 32.2 Å². The lowest BCUT2D eigenvalue weighted by Crippen LogP contribution is -2.37. The van der Waals surface area contributed by atoms with E-state index < -0.39 is 0 Å². The van der Waals surface area contributed by atoms with E-state index in [0.717, 1.165) is 29.8 Å². The summed E-state index contributed by atoms with van der Waals surface area (Å²) in [5.74, 6) is 0. The summed E-state index contributed by atoms with van der Waals surface area (Å²) in [6, 6.07) is 5.55. The molecule has 2 heterocycles. The smallest absolute Gasteiger partial charge is 0.317 e. The molecule has 2 aromatic heterocycles. The summed E-state index contributed by atoms with van der Waals surface area (Å²) < 4.78 is 4.69. The molecule has 0 saturated heterocycles. The second-order valence-electron chi connectivity index (χ2n) is 6.26. The molecule has 0 aliphatic heterocycles. The Labute approximate surface area is 149 Å². The van der Waals surface area contributed by atoms with Crippen molar-refractivity contribution in [3.05, 3.63) is 39.3 Å². The highest BCUT2D eigenvalue weighted by atomic mass is 32.1. The van der Waals surface area contributed by atoms with E-state index in [4.69, 9.17) is 4.63 Å². The van der Waals surface area contributed by atoms with E-state index in [1.807, 2.05) is 18.2 Å². The van der Waals surface area contributed by atoms with Gasteiger partial charge in [-0.3, -0.25) is 0 Å². The number of nitrogens with one attached hydrogen (secondary N) is 1. The van der Waals surface area contributed by atoms with Crippen LogP contribution in [0.25, 0.3) is 11.0 Å². The summed E-state index contributed by atoms with van der Waals surface area (Å²) in [7, 11) is 1.78.